The van der Waals surface area contributed by atoms with E-state index < -0.39 is 0 Å². The Balaban J connectivity index is 1.36. The van der Waals surface area contributed by atoms with Crippen LogP contribution in [0.2, 0.25) is 0 Å². The van der Waals surface area contributed by atoms with Crippen molar-refractivity contribution in [3.05, 3.63) is 30.4 Å². The van der Waals surface area contributed by atoms with E-state index in [1.165, 1.54) is 25.7 Å². The third-order valence-corrected chi connectivity index (χ3v) is 6.24. The lowest BCUT2D eigenvalue weighted by Gasteiger charge is -2.26. The maximum atomic E-state index is 12.9. The second-order valence-corrected chi connectivity index (χ2v) is 8.54. The summed E-state index contributed by atoms with van der Waals surface area (Å²) in [4.78, 5) is 24.2. The SMILES string of the molecule is O=C(NC1CCCC1)c1cc(-c2cnc(N3CCOCC3)nc2)cn1CC1CC1. The van der Waals surface area contributed by atoms with Gasteiger partial charge in [0, 0.05) is 55.4 Å². The highest BCUT2D eigenvalue weighted by atomic mass is 16.5. The van der Waals surface area contributed by atoms with Crippen LogP contribution in [0.1, 0.15) is 49.0 Å². The minimum atomic E-state index is 0.0506. The predicted octanol–water partition coefficient (Wildman–Crippen LogP) is 2.86. The van der Waals surface area contributed by atoms with Crippen LogP contribution in [0.25, 0.3) is 11.1 Å². The zero-order valence-corrected chi connectivity index (χ0v) is 16.8. The van der Waals surface area contributed by atoms with E-state index in [0.717, 1.165) is 55.2 Å². The maximum absolute atomic E-state index is 12.9. The molecule has 2 saturated carbocycles. The van der Waals surface area contributed by atoms with Crippen molar-refractivity contribution < 1.29 is 9.53 Å². The summed E-state index contributed by atoms with van der Waals surface area (Å²) >= 11 is 0. The molecule has 1 N–H and O–H groups in total. The van der Waals surface area contributed by atoms with E-state index >= 15 is 0 Å². The van der Waals surface area contributed by atoms with Gasteiger partial charge in [0.25, 0.3) is 5.91 Å². The molecule has 154 valence electrons. The number of anilines is 1. The van der Waals surface area contributed by atoms with Crippen molar-refractivity contribution in [3.63, 3.8) is 0 Å². The molecular weight excluding hydrogens is 366 g/mol. The molecule has 29 heavy (non-hydrogen) atoms. The number of nitrogens with one attached hydrogen (secondary N) is 1. The normalized spacial score (nSPS) is 20.2. The number of carbonyl (C=O) groups is 1. The van der Waals surface area contributed by atoms with E-state index in [0.29, 0.717) is 25.2 Å². The van der Waals surface area contributed by atoms with Crippen LogP contribution < -0.4 is 10.2 Å². The molecule has 5 rings (SSSR count). The minimum Gasteiger partial charge on any atom is -0.378 e. The molecule has 2 aromatic heterocycles. The fourth-order valence-corrected chi connectivity index (χ4v) is 4.31. The van der Waals surface area contributed by atoms with Crippen LogP contribution in [0, 0.1) is 5.92 Å². The molecule has 3 heterocycles. The Morgan fingerprint density at radius 1 is 1.07 bits per heavy atom. The second kappa shape index (κ2) is 8.14. The smallest absolute Gasteiger partial charge is 0.268 e. The number of morpholine rings is 1. The summed E-state index contributed by atoms with van der Waals surface area (Å²) < 4.78 is 7.53. The molecule has 2 aliphatic carbocycles. The Labute approximate surface area is 171 Å². The van der Waals surface area contributed by atoms with Gasteiger partial charge >= 0.3 is 0 Å². The number of amides is 1. The Bertz CT molecular complexity index is 847. The molecule has 2 aromatic rings. The number of nitrogens with zero attached hydrogens (tertiary/aromatic N) is 4. The van der Waals surface area contributed by atoms with E-state index in [1.807, 2.05) is 18.5 Å². The first-order chi connectivity index (χ1) is 14.3. The van der Waals surface area contributed by atoms with Crippen molar-refractivity contribution in [2.45, 2.75) is 51.1 Å². The molecule has 0 radical (unpaired) electrons. The van der Waals surface area contributed by atoms with E-state index in [2.05, 4.69) is 30.9 Å². The average molecular weight is 396 g/mol. The lowest BCUT2D eigenvalue weighted by molar-refractivity contribution is 0.0928. The highest BCUT2D eigenvalue weighted by molar-refractivity contribution is 5.94. The summed E-state index contributed by atoms with van der Waals surface area (Å²) in [5.41, 5.74) is 2.72. The number of hydrogen-bond acceptors (Lipinski definition) is 5. The van der Waals surface area contributed by atoms with Crippen molar-refractivity contribution >= 4 is 11.9 Å². The Morgan fingerprint density at radius 3 is 2.48 bits per heavy atom. The zero-order valence-electron chi connectivity index (χ0n) is 16.8. The Kier molecular flexibility index (Phi) is 5.23. The molecule has 1 aliphatic heterocycles. The van der Waals surface area contributed by atoms with Gasteiger partial charge in [-0.2, -0.15) is 0 Å². The Hall–Kier alpha value is -2.41. The molecule has 7 nitrogen and oxygen atoms in total. The van der Waals surface area contributed by atoms with Crippen LogP contribution in [-0.2, 0) is 11.3 Å². The molecule has 0 atom stereocenters. The second-order valence-electron chi connectivity index (χ2n) is 8.54. The summed E-state index contributed by atoms with van der Waals surface area (Å²) in [5.74, 6) is 1.50. The highest BCUT2D eigenvalue weighted by Gasteiger charge is 2.26. The maximum Gasteiger partial charge on any atom is 0.268 e. The quantitative estimate of drug-likeness (QED) is 0.814. The van der Waals surface area contributed by atoms with Crippen LogP contribution >= 0.6 is 0 Å². The Morgan fingerprint density at radius 2 is 1.79 bits per heavy atom. The summed E-state index contributed by atoms with van der Waals surface area (Å²) in [5, 5.41) is 3.24. The fourth-order valence-electron chi connectivity index (χ4n) is 4.31. The van der Waals surface area contributed by atoms with Crippen LogP contribution in [-0.4, -0.2) is 52.8 Å². The van der Waals surface area contributed by atoms with Crippen molar-refractivity contribution in [1.82, 2.24) is 19.9 Å². The zero-order chi connectivity index (χ0) is 19.6. The molecule has 0 aromatic carbocycles. The van der Waals surface area contributed by atoms with Gasteiger partial charge in [-0.15, -0.1) is 0 Å². The van der Waals surface area contributed by atoms with E-state index in [-0.39, 0.29) is 5.91 Å². The van der Waals surface area contributed by atoms with E-state index in [9.17, 15) is 4.79 Å². The molecule has 3 aliphatic rings. The summed E-state index contributed by atoms with van der Waals surface area (Å²) in [7, 11) is 0. The third kappa shape index (κ3) is 4.29. The standard InChI is InChI=1S/C22H29N5O2/c28-21(25-19-3-1-2-4-19)20-11-17(15-27(20)14-16-5-6-16)18-12-23-22(24-13-18)26-7-9-29-10-8-26/h11-13,15-16,19H,1-10,14H2,(H,25,28). The number of aromatic nitrogens is 3. The molecule has 1 saturated heterocycles. The van der Waals surface area contributed by atoms with Gasteiger partial charge in [-0.25, -0.2) is 9.97 Å². The van der Waals surface area contributed by atoms with E-state index in [1.54, 1.807) is 0 Å². The predicted molar refractivity (Wildman–Crippen MR) is 111 cm³/mol. The number of ether oxygens (including phenoxy) is 1. The van der Waals surface area contributed by atoms with Crippen LogP contribution in [0.5, 0.6) is 0 Å². The molecular formula is C22H29N5O2. The molecule has 7 heteroatoms. The van der Waals surface area contributed by atoms with Crippen LogP contribution in [0.4, 0.5) is 5.95 Å². The van der Waals surface area contributed by atoms with Gasteiger partial charge in [-0.3, -0.25) is 4.79 Å². The topological polar surface area (TPSA) is 72.3 Å². The van der Waals surface area contributed by atoms with Crippen molar-refractivity contribution in [2.24, 2.45) is 5.92 Å². The van der Waals surface area contributed by atoms with Crippen molar-refractivity contribution in [3.8, 4) is 11.1 Å². The van der Waals surface area contributed by atoms with Gasteiger partial charge in [0.05, 0.1) is 13.2 Å². The third-order valence-electron chi connectivity index (χ3n) is 6.24. The molecule has 0 bridgehead atoms. The van der Waals surface area contributed by atoms with Crippen molar-refractivity contribution in [1.29, 1.82) is 0 Å². The van der Waals surface area contributed by atoms with Gasteiger partial charge in [-0.1, -0.05) is 12.8 Å². The van der Waals surface area contributed by atoms with Gasteiger partial charge in [0.1, 0.15) is 5.69 Å². The minimum absolute atomic E-state index is 0.0506. The number of carbonyl (C=O) groups excluding carboxylic acids is 1. The van der Waals surface area contributed by atoms with Crippen LogP contribution in [0.15, 0.2) is 24.7 Å². The summed E-state index contributed by atoms with van der Waals surface area (Å²) in [6, 6.07) is 2.33. The molecule has 3 fully saturated rings. The summed E-state index contributed by atoms with van der Waals surface area (Å²) in [6.07, 6.45) is 13.0. The van der Waals surface area contributed by atoms with E-state index in [4.69, 9.17) is 4.74 Å². The van der Waals surface area contributed by atoms with Gasteiger partial charge in [-0.05, 0) is 37.7 Å². The number of rotatable bonds is 6. The molecule has 0 unspecified atom stereocenters. The first kappa shape index (κ1) is 18.6. The average Bonchev–Trinajstić information content (AvgIpc) is 3.24. The first-order valence-electron chi connectivity index (χ1n) is 10.9. The first-order valence-corrected chi connectivity index (χ1v) is 10.9. The van der Waals surface area contributed by atoms with Crippen molar-refractivity contribution in [2.75, 3.05) is 31.2 Å². The molecule has 1 amide bonds. The fraction of sp³-hybridized carbons (Fsp3) is 0.591. The highest BCUT2D eigenvalue weighted by Crippen LogP contribution is 2.32. The summed E-state index contributed by atoms with van der Waals surface area (Å²) in [6.45, 7) is 3.99. The molecule has 0 spiro atoms. The van der Waals surface area contributed by atoms with Gasteiger partial charge in [0.15, 0.2) is 0 Å². The monoisotopic (exact) mass is 395 g/mol. The number of hydrogen-bond donors (Lipinski definition) is 1. The lowest BCUT2D eigenvalue weighted by atomic mass is 10.2. The lowest BCUT2D eigenvalue weighted by Crippen LogP contribution is -2.37. The van der Waals surface area contributed by atoms with Gasteiger partial charge in [0.2, 0.25) is 5.95 Å². The largest absolute Gasteiger partial charge is 0.378 e. The van der Waals surface area contributed by atoms with Gasteiger partial charge < -0.3 is 19.5 Å². The van der Waals surface area contributed by atoms with Crippen LogP contribution in [0.3, 0.4) is 0 Å².